The molecule has 1 aliphatic heterocycles. The van der Waals surface area contributed by atoms with Gasteiger partial charge in [-0.3, -0.25) is 13.9 Å². The van der Waals surface area contributed by atoms with Crippen LogP contribution < -0.4 is 9.62 Å². The number of rotatable bonds is 7. The van der Waals surface area contributed by atoms with Gasteiger partial charge in [-0.05, 0) is 50.2 Å². The Morgan fingerprint density at radius 3 is 2.11 bits per heavy atom. The van der Waals surface area contributed by atoms with Gasteiger partial charge in [0.05, 0.1) is 35.0 Å². The molecule has 1 N–H and O–H groups in total. The minimum absolute atomic E-state index is 0.0874. The Bertz CT molecular complexity index is 1330. The Hall–Kier alpha value is -3.69. The number of amides is 2. The van der Waals surface area contributed by atoms with Crippen LogP contribution in [-0.2, 0) is 19.6 Å². The Morgan fingerprint density at radius 1 is 0.889 bits per heavy atom. The lowest BCUT2D eigenvalue weighted by Gasteiger charge is -2.28. The molecule has 2 amide bonds. The predicted molar refractivity (Wildman–Crippen MR) is 139 cm³/mol. The molecule has 0 radical (unpaired) electrons. The highest BCUT2D eigenvalue weighted by Gasteiger charge is 2.28. The molecule has 4 rings (SSSR count). The highest BCUT2D eigenvalue weighted by atomic mass is 32.2. The average molecular weight is 508 g/mol. The third-order valence-corrected chi connectivity index (χ3v) is 7.74. The van der Waals surface area contributed by atoms with Crippen molar-refractivity contribution >= 4 is 33.2 Å². The summed E-state index contributed by atoms with van der Waals surface area (Å²) >= 11 is 0. The van der Waals surface area contributed by atoms with E-state index >= 15 is 0 Å². The number of hydrogen-bond acceptors (Lipinski definition) is 5. The molecule has 3 aromatic rings. The van der Waals surface area contributed by atoms with Crippen LogP contribution in [0.4, 0.5) is 11.4 Å². The van der Waals surface area contributed by atoms with E-state index in [0.717, 1.165) is 15.4 Å². The van der Waals surface area contributed by atoms with Crippen molar-refractivity contribution in [2.24, 2.45) is 0 Å². The van der Waals surface area contributed by atoms with Gasteiger partial charge in [0.1, 0.15) is 6.54 Å². The van der Waals surface area contributed by atoms with E-state index in [1.54, 1.807) is 65.6 Å². The van der Waals surface area contributed by atoms with Gasteiger partial charge in [0, 0.05) is 13.1 Å². The number of aryl methyl sites for hydroxylation is 2. The van der Waals surface area contributed by atoms with Gasteiger partial charge in [0.15, 0.2) is 0 Å². The summed E-state index contributed by atoms with van der Waals surface area (Å²) < 4.78 is 33.5. The van der Waals surface area contributed by atoms with Gasteiger partial charge < -0.3 is 15.0 Å². The first-order valence-corrected chi connectivity index (χ1v) is 13.1. The van der Waals surface area contributed by atoms with E-state index in [-0.39, 0.29) is 10.8 Å². The molecular weight excluding hydrogens is 478 g/mol. The Labute approximate surface area is 211 Å². The van der Waals surface area contributed by atoms with Crippen LogP contribution in [0.15, 0.2) is 77.7 Å². The molecule has 0 aliphatic carbocycles. The number of para-hydroxylation sites is 1. The van der Waals surface area contributed by atoms with E-state index < -0.39 is 22.5 Å². The standard InChI is InChI=1S/C27H29N3O5S/c1-20-7-11-22(12-8-20)30(36(33,34)23-13-9-21(2)10-14-23)19-26(31)28-25-6-4-3-5-24(25)27(32)29-15-17-35-18-16-29/h3-14H,15-19H2,1-2H3,(H,28,31). The lowest BCUT2D eigenvalue weighted by molar-refractivity contribution is -0.114. The second kappa shape index (κ2) is 10.9. The number of sulfonamides is 1. The van der Waals surface area contributed by atoms with Gasteiger partial charge in [-0.15, -0.1) is 0 Å². The fourth-order valence-electron chi connectivity index (χ4n) is 3.90. The first kappa shape index (κ1) is 25.4. The first-order chi connectivity index (χ1) is 17.3. The van der Waals surface area contributed by atoms with Crippen molar-refractivity contribution in [1.29, 1.82) is 0 Å². The molecular formula is C27H29N3O5S. The number of carbonyl (C=O) groups excluding carboxylic acids is 2. The summed E-state index contributed by atoms with van der Waals surface area (Å²) in [5.41, 5.74) is 2.93. The molecule has 9 heteroatoms. The molecule has 8 nitrogen and oxygen atoms in total. The second-order valence-electron chi connectivity index (χ2n) is 8.66. The Morgan fingerprint density at radius 2 is 1.47 bits per heavy atom. The number of benzene rings is 3. The van der Waals surface area contributed by atoms with E-state index in [0.29, 0.717) is 43.2 Å². The van der Waals surface area contributed by atoms with E-state index in [1.165, 1.54) is 12.1 Å². The summed E-state index contributed by atoms with van der Waals surface area (Å²) in [6.07, 6.45) is 0. The lowest BCUT2D eigenvalue weighted by Crippen LogP contribution is -2.41. The lowest BCUT2D eigenvalue weighted by atomic mass is 10.1. The van der Waals surface area contributed by atoms with Gasteiger partial charge in [-0.2, -0.15) is 0 Å². The van der Waals surface area contributed by atoms with Crippen molar-refractivity contribution in [3.05, 3.63) is 89.5 Å². The fraction of sp³-hybridized carbons (Fsp3) is 0.259. The van der Waals surface area contributed by atoms with Gasteiger partial charge in [-0.25, -0.2) is 8.42 Å². The molecule has 188 valence electrons. The molecule has 3 aromatic carbocycles. The zero-order chi connectivity index (χ0) is 25.7. The maximum Gasteiger partial charge on any atom is 0.264 e. The third-order valence-electron chi connectivity index (χ3n) is 5.95. The largest absolute Gasteiger partial charge is 0.378 e. The van der Waals surface area contributed by atoms with Crippen molar-refractivity contribution in [3.8, 4) is 0 Å². The Balaban J connectivity index is 1.61. The number of nitrogens with zero attached hydrogens (tertiary/aromatic N) is 2. The number of anilines is 2. The normalized spacial score (nSPS) is 13.8. The molecule has 1 fully saturated rings. The van der Waals surface area contributed by atoms with Crippen molar-refractivity contribution in [3.63, 3.8) is 0 Å². The predicted octanol–water partition coefficient (Wildman–Crippen LogP) is 3.61. The molecule has 0 bridgehead atoms. The summed E-state index contributed by atoms with van der Waals surface area (Å²) in [6, 6.07) is 20.1. The van der Waals surface area contributed by atoms with Crippen LogP contribution >= 0.6 is 0 Å². The van der Waals surface area contributed by atoms with Crippen LogP contribution in [0, 0.1) is 13.8 Å². The average Bonchev–Trinajstić information content (AvgIpc) is 2.88. The summed E-state index contributed by atoms with van der Waals surface area (Å²) in [7, 11) is -4.03. The van der Waals surface area contributed by atoms with Gasteiger partial charge >= 0.3 is 0 Å². The molecule has 36 heavy (non-hydrogen) atoms. The quantitative estimate of drug-likeness (QED) is 0.527. The van der Waals surface area contributed by atoms with E-state index in [1.807, 2.05) is 13.8 Å². The third kappa shape index (κ3) is 5.75. The highest BCUT2D eigenvalue weighted by molar-refractivity contribution is 7.92. The Kier molecular flexibility index (Phi) is 7.71. The minimum Gasteiger partial charge on any atom is -0.378 e. The van der Waals surface area contributed by atoms with Gasteiger partial charge in [0.25, 0.3) is 15.9 Å². The number of nitrogens with one attached hydrogen (secondary N) is 1. The highest BCUT2D eigenvalue weighted by Crippen LogP contribution is 2.25. The van der Waals surface area contributed by atoms with Gasteiger partial charge in [-0.1, -0.05) is 47.5 Å². The molecule has 0 aromatic heterocycles. The topological polar surface area (TPSA) is 96.0 Å². The minimum atomic E-state index is -4.03. The van der Waals surface area contributed by atoms with Crippen molar-refractivity contribution < 1.29 is 22.7 Å². The van der Waals surface area contributed by atoms with Crippen molar-refractivity contribution in [2.45, 2.75) is 18.7 Å². The van der Waals surface area contributed by atoms with Crippen LogP contribution in [0.2, 0.25) is 0 Å². The summed E-state index contributed by atoms with van der Waals surface area (Å²) in [5.74, 6) is -0.773. The van der Waals surface area contributed by atoms with Gasteiger partial charge in [0.2, 0.25) is 5.91 Å². The monoisotopic (exact) mass is 507 g/mol. The molecule has 0 unspecified atom stereocenters. The second-order valence-corrected chi connectivity index (χ2v) is 10.5. The molecule has 1 saturated heterocycles. The zero-order valence-corrected chi connectivity index (χ0v) is 21.1. The number of morpholine rings is 1. The zero-order valence-electron chi connectivity index (χ0n) is 20.3. The summed E-state index contributed by atoms with van der Waals surface area (Å²) in [5, 5.41) is 2.75. The van der Waals surface area contributed by atoms with Crippen LogP contribution in [0.3, 0.4) is 0 Å². The van der Waals surface area contributed by atoms with E-state index in [9.17, 15) is 18.0 Å². The summed E-state index contributed by atoms with van der Waals surface area (Å²) in [4.78, 5) is 28.0. The van der Waals surface area contributed by atoms with Crippen LogP contribution in [0.5, 0.6) is 0 Å². The van der Waals surface area contributed by atoms with Crippen molar-refractivity contribution in [2.75, 3.05) is 42.5 Å². The molecule has 1 aliphatic rings. The van der Waals surface area contributed by atoms with Crippen LogP contribution in [-0.4, -0.2) is 58.0 Å². The van der Waals surface area contributed by atoms with E-state index in [2.05, 4.69) is 5.32 Å². The van der Waals surface area contributed by atoms with Crippen LogP contribution in [0.25, 0.3) is 0 Å². The maximum absolute atomic E-state index is 13.6. The maximum atomic E-state index is 13.6. The fourth-order valence-corrected chi connectivity index (χ4v) is 5.32. The number of ether oxygens (including phenoxy) is 1. The molecule has 0 atom stereocenters. The number of hydrogen-bond donors (Lipinski definition) is 1. The van der Waals surface area contributed by atoms with Crippen LogP contribution in [0.1, 0.15) is 21.5 Å². The molecule has 1 heterocycles. The smallest absolute Gasteiger partial charge is 0.264 e. The molecule has 0 spiro atoms. The SMILES string of the molecule is Cc1ccc(N(CC(=O)Nc2ccccc2C(=O)N2CCOCC2)S(=O)(=O)c2ccc(C)cc2)cc1. The van der Waals surface area contributed by atoms with Crippen molar-refractivity contribution in [1.82, 2.24) is 4.90 Å². The number of carbonyl (C=O) groups is 2. The molecule has 0 saturated carbocycles. The first-order valence-electron chi connectivity index (χ1n) is 11.7. The van der Waals surface area contributed by atoms with E-state index in [4.69, 9.17) is 4.74 Å². The summed E-state index contributed by atoms with van der Waals surface area (Å²) in [6.45, 7) is 5.17.